The zero-order valence-electron chi connectivity index (χ0n) is 7.25. The molecular formula is C8H14N4. The highest BCUT2D eigenvalue weighted by Gasteiger charge is 2.26. The average molecular weight is 166 g/mol. The van der Waals surface area contributed by atoms with E-state index in [-0.39, 0.29) is 12.0 Å². The van der Waals surface area contributed by atoms with Gasteiger partial charge in [0.15, 0.2) is 5.96 Å². The van der Waals surface area contributed by atoms with Gasteiger partial charge in [0.2, 0.25) is 0 Å². The fraction of sp³-hybridized carbons (Fsp3) is 0.750. The summed E-state index contributed by atoms with van der Waals surface area (Å²) in [7, 11) is 1.64. The van der Waals surface area contributed by atoms with Gasteiger partial charge in [0, 0.05) is 13.1 Å². The topological polar surface area (TPSA) is 74.2 Å². The Bertz CT molecular complexity index is 216. The number of aliphatic imine (C=N–C) groups is 1. The lowest BCUT2D eigenvalue weighted by Crippen LogP contribution is -2.41. The Morgan fingerprint density at radius 3 is 3.00 bits per heavy atom. The second kappa shape index (κ2) is 3.96. The van der Waals surface area contributed by atoms with E-state index < -0.39 is 0 Å². The largest absolute Gasteiger partial charge is 0.370 e. The standard InChI is InChI=1S/C8H14N4/c1-11-8(10)12-7-4-2-3-6(7)5-9/h6-7H,2-4H2,1H3,(H3,10,11,12). The smallest absolute Gasteiger partial charge is 0.188 e. The van der Waals surface area contributed by atoms with Crippen molar-refractivity contribution in [2.45, 2.75) is 25.3 Å². The molecule has 0 heterocycles. The van der Waals surface area contributed by atoms with E-state index >= 15 is 0 Å². The maximum atomic E-state index is 8.75. The highest BCUT2D eigenvalue weighted by Crippen LogP contribution is 2.24. The summed E-state index contributed by atoms with van der Waals surface area (Å²) in [5.74, 6) is 0.535. The van der Waals surface area contributed by atoms with E-state index in [1.807, 2.05) is 0 Å². The summed E-state index contributed by atoms with van der Waals surface area (Å²) in [6.45, 7) is 0. The number of nitrogens with one attached hydrogen (secondary N) is 1. The molecule has 1 fully saturated rings. The van der Waals surface area contributed by atoms with Crippen LogP contribution in [0.1, 0.15) is 19.3 Å². The van der Waals surface area contributed by atoms with Gasteiger partial charge in [-0.05, 0) is 19.3 Å². The van der Waals surface area contributed by atoms with Crippen molar-refractivity contribution in [1.29, 1.82) is 5.26 Å². The zero-order valence-corrected chi connectivity index (χ0v) is 7.25. The van der Waals surface area contributed by atoms with Crippen LogP contribution in [-0.2, 0) is 0 Å². The van der Waals surface area contributed by atoms with Crippen molar-refractivity contribution in [3.63, 3.8) is 0 Å². The molecule has 0 aliphatic heterocycles. The molecule has 2 unspecified atom stereocenters. The third-order valence-corrected chi connectivity index (χ3v) is 2.26. The van der Waals surface area contributed by atoms with Gasteiger partial charge in [0.1, 0.15) is 0 Å². The second-order valence-corrected chi connectivity index (χ2v) is 3.03. The van der Waals surface area contributed by atoms with Gasteiger partial charge < -0.3 is 11.1 Å². The van der Waals surface area contributed by atoms with E-state index in [4.69, 9.17) is 11.0 Å². The van der Waals surface area contributed by atoms with E-state index in [1.165, 1.54) is 0 Å². The highest BCUT2D eigenvalue weighted by molar-refractivity contribution is 5.78. The molecule has 1 aliphatic carbocycles. The number of rotatable bonds is 1. The first-order valence-corrected chi connectivity index (χ1v) is 4.16. The molecule has 2 atom stereocenters. The molecule has 0 radical (unpaired) electrons. The van der Waals surface area contributed by atoms with Crippen LogP contribution in [0.15, 0.2) is 4.99 Å². The summed E-state index contributed by atoms with van der Waals surface area (Å²) in [5.41, 5.74) is 5.50. The minimum Gasteiger partial charge on any atom is -0.370 e. The van der Waals surface area contributed by atoms with E-state index in [1.54, 1.807) is 7.05 Å². The van der Waals surface area contributed by atoms with Crippen LogP contribution in [-0.4, -0.2) is 19.0 Å². The highest BCUT2D eigenvalue weighted by atomic mass is 15.1. The van der Waals surface area contributed by atoms with Crippen LogP contribution in [0.4, 0.5) is 0 Å². The predicted molar refractivity (Wildman–Crippen MR) is 47.4 cm³/mol. The summed E-state index contributed by atoms with van der Waals surface area (Å²) >= 11 is 0. The number of nitrogens with zero attached hydrogens (tertiary/aromatic N) is 2. The molecule has 0 bridgehead atoms. The van der Waals surface area contributed by atoms with Crippen molar-refractivity contribution >= 4 is 5.96 Å². The van der Waals surface area contributed by atoms with Crippen LogP contribution >= 0.6 is 0 Å². The Morgan fingerprint density at radius 1 is 1.67 bits per heavy atom. The Balaban J connectivity index is 2.47. The molecule has 4 heteroatoms. The number of hydrogen-bond donors (Lipinski definition) is 2. The summed E-state index contributed by atoms with van der Waals surface area (Å²) in [4.78, 5) is 3.79. The summed E-state index contributed by atoms with van der Waals surface area (Å²) in [5, 5.41) is 11.8. The van der Waals surface area contributed by atoms with Crippen LogP contribution in [0.2, 0.25) is 0 Å². The molecule has 0 aromatic carbocycles. The van der Waals surface area contributed by atoms with Crippen molar-refractivity contribution < 1.29 is 0 Å². The second-order valence-electron chi connectivity index (χ2n) is 3.03. The number of nitriles is 1. The molecule has 4 nitrogen and oxygen atoms in total. The Kier molecular flexibility index (Phi) is 2.92. The normalized spacial score (nSPS) is 29.8. The predicted octanol–water partition coefficient (Wildman–Crippen LogP) is 0.213. The maximum absolute atomic E-state index is 8.75. The van der Waals surface area contributed by atoms with Crippen LogP contribution < -0.4 is 11.1 Å². The molecule has 1 saturated carbocycles. The Labute approximate surface area is 72.5 Å². The van der Waals surface area contributed by atoms with Crippen LogP contribution in [0.5, 0.6) is 0 Å². The fourth-order valence-electron chi connectivity index (χ4n) is 1.54. The van der Waals surface area contributed by atoms with Gasteiger partial charge in [-0.3, -0.25) is 4.99 Å². The molecule has 0 aromatic heterocycles. The molecule has 1 rings (SSSR count). The van der Waals surface area contributed by atoms with Crippen molar-refractivity contribution in [3.8, 4) is 6.07 Å². The summed E-state index contributed by atoms with van der Waals surface area (Å²) < 4.78 is 0. The van der Waals surface area contributed by atoms with E-state index in [9.17, 15) is 0 Å². The van der Waals surface area contributed by atoms with Gasteiger partial charge in [0.05, 0.1) is 12.0 Å². The quantitative estimate of drug-likeness (QED) is 0.432. The monoisotopic (exact) mass is 166 g/mol. The Hall–Kier alpha value is -1.24. The van der Waals surface area contributed by atoms with Crippen molar-refractivity contribution in [1.82, 2.24) is 5.32 Å². The van der Waals surface area contributed by atoms with Crippen LogP contribution in [0.3, 0.4) is 0 Å². The SMILES string of the molecule is CN=C(N)NC1CCCC1C#N. The van der Waals surface area contributed by atoms with Gasteiger partial charge >= 0.3 is 0 Å². The molecule has 3 N–H and O–H groups in total. The minimum absolute atomic E-state index is 0.102. The van der Waals surface area contributed by atoms with Gasteiger partial charge in [-0.15, -0.1) is 0 Å². The number of guanidine groups is 1. The van der Waals surface area contributed by atoms with E-state index in [0.717, 1.165) is 19.3 Å². The lowest BCUT2D eigenvalue weighted by Gasteiger charge is -2.15. The van der Waals surface area contributed by atoms with Gasteiger partial charge in [0.25, 0.3) is 0 Å². The average Bonchev–Trinajstić information content (AvgIpc) is 2.51. The molecule has 0 aromatic rings. The first kappa shape index (κ1) is 8.85. The minimum atomic E-state index is 0.102. The summed E-state index contributed by atoms with van der Waals surface area (Å²) in [6, 6.07) is 2.48. The molecule has 0 saturated heterocycles. The molecule has 0 amide bonds. The third-order valence-electron chi connectivity index (χ3n) is 2.26. The lowest BCUT2D eigenvalue weighted by molar-refractivity contribution is 0.539. The zero-order chi connectivity index (χ0) is 8.97. The van der Waals surface area contributed by atoms with Gasteiger partial charge in [-0.1, -0.05) is 0 Å². The van der Waals surface area contributed by atoms with Crippen molar-refractivity contribution in [3.05, 3.63) is 0 Å². The van der Waals surface area contributed by atoms with E-state index in [2.05, 4.69) is 16.4 Å². The molecular weight excluding hydrogens is 152 g/mol. The van der Waals surface area contributed by atoms with Gasteiger partial charge in [-0.25, -0.2) is 0 Å². The first-order chi connectivity index (χ1) is 5.77. The molecule has 12 heavy (non-hydrogen) atoms. The number of nitrogens with two attached hydrogens (primary N) is 1. The fourth-order valence-corrected chi connectivity index (χ4v) is 1.54. The van der Waals surface area contributed by atoms with Crippen molar-refractivity contribution in [2.24, 2.45) is 16.6 Å². The maximum Gasteiger partial charge on any atom is 0.188 e. The molecule has 66 valence electrons. The van der Waals surface area contributed by atoms with Gasteiger partial charge in [-0.2, -0.15) is 5.26 Å². The molecule has 0 spiro atoms. The first-order valence-electron chi connectivity index (χ1n) is 4.16. The van der Waals surface area contributed by atoms with Crippen LogP contribution in [0, 0.1) is 17.2 Å². The summed E-state index contributed by atoms with van der Waals surface area (Å²) in [6.07, 6.45) is 3.10. The van der Waals surface area contributed by atoms with Crippen LogP contribution in [0.25, 0.3) is 0 Å². The van der Waals surface area contributed by atoms with E-state index in [0.29, 0.717) is 5.96 Å². The van der Waals surface area contributed by atoms with Crippen molar-refractivity contribution in [2.75, 3.05) is 7.05 Å². The lowest BCUT2D eigenvalue weighted by atomic mass is 10.1. The third kappa shape index (κ3) is 1.88. The molecule has 1 aliphatic rings. The Morgan fingerprint density at radius 2 is 2.42 bits per heavy atom. The number of hydrogen-bond acceptors (Lipinski definition) is 2.